The van der Waals surface area contributed by atoms with Gasteiger partial charge in [0.25, 0.3) is 0 Å². The summed E-state index contributed by atoms with van der Waals surface area (Å²) >= 11 is 5.89. The number of halogens is 1. The Morgan fingerprint density at radius 2 is 1.79 bits per heavy atom. The number of carbonyl (C=O) groups excluding carboxylic acids is 3. The zero-order chi connectivity index (χ0) is 20.1. The molecule has 1 aliphatic rings. The highest BCUT2D eigenvalue weighted by atomic mass is 35.5. The van der Waals surface area contributed by atoms with Crippen molar-refractivity contribution in [1.29, 1.82) is 0 Å². The van der Waals surface area contributed by atoms with Crippen LogP contribution in [-0.4, -0.2) is 24.3 Å². The lowest BCUT2D eigenvalue weighted by Gasteiger charge is -2.17. The number of hydrogen-bond acceptors (Lipinski definition) is 4. The molecule has 6 heteroatoms. The SMILES string of the molecule is CC(=O)NC(CC(=O)OCC(=O)c1ccc2c(c1)CCC2)c1ccc(Cl)cc1. The summed E-state index contributed by atoms with van der Waals surface area (Å²) in [5, 5.41) is 3.29. The highest BCUT2D eigenvalue weighted by Crippen LogP contribution is 2.23. The van der Waals surface area contributed by atoms with E-state index in [2.05, 4.69) is 5.32 Å². The molecule has 0 radical (unpaired) electrons. The van der Waals surface area contributed by atoms with Crippen LogP contribution >= 0.6 is 11.6 Å². The lowest BCUT2D eigenvalue weighted by Crippen LogP contribution is -2.29. The number of carbonyl (C=O) groups is 3. The van der Waals surface area contributed by atoms with E-state index in [0.717, 1.165) is 24.8 Å². The fourth-order valence-electron chi connectivity index (χ4n) is 3.39. The molecule has 2 aromatic rings. The van der Waals surface area contributed by atoms with Gasteiger partial charge in [-0.3, -0.25) is 14.4 Å². The molecule has 5 nitrogen and oxygen atoms in total. The standard InChI is InChI=1S/C22H22ClNO4/c1-14(25)24-20(16-7-9-19(23)10-8-16)12-22(27)28-13-21(26)18-6-5-15-3-2-4-17(15)11-18/h5-11,20H,2-4,12-13H2,1H3,(H,24,25). The van der Waals surface area contributed by atoms with Gasteiger partial charge in [0, 0.05) is 17.5 Å². The number of fused-ring (bicyclic) bond motifs is 1. The number of aryl methyl sites for hydroxylation is 2. The molecule has 0 spiro atoms. The summed E-state index contributed by atoms with van der Waals surface area (Å²) in [6, 6.07) is 12.0. The maximum atomic E-state index is 12.4. The van der Waals surface area contributed by atoms with E-state index in [1.54, 1.807) is 30.3 Å². The van der Waals surface area contributed by atoms with Gasteiger partial charge in [0.1, 0.15) is 0 Å². The summed E-state index contributed by atoms with van der Waals surface area (Å²) in [4.78, 5) is 36.1. The lowest BCUT2D eigenvalue weighted by atomic mass is 10.0. The molecule has 0 fully saturated rings. The Morgan fingerprint density at radius 3 is 2.50 bits per heavy atom. The summed E-state index contributed by atoms with van der Waals surface area (Å²) < 4.78 is 5.17. The molecule has 1 aliphatic carbocycles. The molecule has 3 rings (SSSR count). The van der Waals surface area contributed by atoms with Crippen molar-refractivity contribution >= 4 is 29.3 Å². The molecule has 0 aromatic heterocycles. The van der Waals surface area contributed by atoms with E-state index in [-0.39, 0.29) is 24.7 Å². The van der Waals surface area contributed by atoms with Gasteiger partial charge in [-0.25, -0.2) is 0 Å². The summed E-state index contributed by atoms with van der Waals surface area (Å²) in [6.45, 7) is 1.07. The first-order valence-electron chi connectivity index (χ1n) is 9.25. The topological polar surface area (TPSA) is 72.5 Å². The monoisotopic (exact) mass is 399 g/mol. The molecule has 1 atom stereocenters. The molecule has 0 bridgehead atoms. The van der Waals surface area contributed by atoms with Gasteiger partial charge in [0.05, 0.1) is 12.5 Å². The largest absolute Gasteiger partial charge is 0.457 e. The van der Waals surface area contributed by atoms with Gasteiger partial charge < -0.3 is 10.1 Å². The Labute approximate surface area is 169 Å². The second-order valence-electron chi connectivity index (χ2n) is 6.93. The van der Waals surface area contributed by atoms with Crippen molar-refractivity contribution < 1.29 is 19.1 Å². The van der Waals surface area contributed by atoms with E-state index < -0.39 is 12.0 Å². The van der Waals surface area contributed by atoms with E-state index in [0.29, 0.717) is 10.6 Å². The number of ether oxygens (including phenoxy) is 1. The minimum absolute atomic E-state index is 0.0708. The van der Waals surface area contributed by atoms with Crippen LogP contribution < -0.4 is 5.32 Å². The first-order chi connectivity index (χ1) is 13.4. The van der Waals surface area contributed by atoms with Crippen molar-refractivity contribution in [2.24, 2.45) is 0 Å². The van der Waals surface area contributed by atoms with Gasteiger partial charge in [-0.15, -0.1) is 0 Å². The highest BCUT2D eigenvalue weighted by Gasteiger charge is 2.20. The second-order valence-corrected chi connectivity index (χ2v) is 7.37. The number of esters is 1. The van der Waals surface area contributed by atoms with Crippen molar-refractivity contribution in [2.45, 2.75) is 38.6 Å². The summed E-state index contributed by atoms with van der Waals surface area (Å²) in [5.41, 5.74) is 3.78. The Bertz CT molecular complexity index is 892. The van der Waals surface area contributed by atoms with Crippen LogP contribution in [0.25, 0.3) is 0 Å². The van der Waals surface area contributed by atoms with Crippen LogP contribution in [-0.2, 0) is 27.2 Å². The number of benzene rings is 2. The average molecular weight is 400 g/mol. The fraction of sp³-hybridized carbons (Fsp3) is 0.318. The number of hydrogen-bond donors (Lipinski definition) is 1. The average Bonchev–Trinajstić information content (AvgIpc) is 3.13. The summed E-state index contributed by atoms with van der Waals surface area (Å²) in [5.74, 6) is -1.05. The maximum absolute atomic E-state index is 12.4. The van der Waals surface area contributed by atoms with E-state index in [9.17, 15) is 14.4 Å². The van der Waals surface area contributed by atoms with Crippen LogP contribution in [0.1, 0.15) is 52.9 Å². The molecule has 146 valence electrons. The van der Waals surface area contributed by atoms with E-state index in [1.807, 2.05) is 12.1 Å². The Hall–Kier alpha value is -2.66. The fourth-order valence-corrected chi connectivity index (χ4v) is 3.52. The Kier molecular flexibility index (Phi) is 6.47. The number of amides is 1. The lowest BCUT2D eigenvalue weighted by molar-refractivity contribution is -0.143. The van der Waals surface area contributed by atoms with Gasteiger partial charge in [0.15, 0.2) is 12.4 Å². The smallest absolute Gasteiger partial charge is 0.308 e. The molecule has 0 saturated heterocycles. The van der Waals surface area contributed by atoms with Crippen LogP contribution in [0.5, 0.6) is 0 Å². The van der Waals surface area contributed by atoms with Crippen molar-refractivity contribution in [2.75, 3.05) is 6.61 Å². The third-order valence-electron chi connectivity index (χ3n) is 4.81. The number of nitrogens with one attached hydrogen (secondary N) is 1. The number of rotatable bonds is 7. The van der Waals surface area contributed by atoms with Crippen molar-refractivity contribution in [3.05, 3.63) is 69.7 Å². The van der Waals surface area contributed by atoms with Gasteiger partial charge in [-0.2, -0.15) is 0 Å². The van der Waals surface area contributed by atoms with Gasteiger partial charge in [-0.1, -0.05) is 35.9 Å². The third-order valence-corrected chi connectivity index (χ3v) is 5.06. The molecule has 28 heavy (non-hydrogen) atoms. The first-order valence-corrected chi connectivity index (χ1v) is 9.63. The van der Waals surface area contributed by atoms with Gasteiger partial charge in [0.2, 0.25) is 5.91 Å². The minimum atomic E-state index is -0.553. The molecular weight excluding hydrogens is 378 g/mol. The van der Waals surface area contributed by atoms with E-state index in [4.69, 9.17) is 16.3 Å². The molecule has 1 unspecified atom stereocenters. The number of Topliss-reactive ketones (excluding diaryl/α,β-unsaturated/α-hetero) is 1. The maximum Gasteiger partial charge on any atom is 0.308 e. The Morgan fingerprint density at radius 1 is 1.07 bits per heavy atom. The predicted molar refractivity (Wildman–Crippen MR) is 106 cm³/mol. The molecule has 2 aromatic carbocycles. The van der Waals surface area contributed by atoms with E-state index >= 15 is 0 Å². The van der Waals surface area contributed by atoms with E-state index in [1.165, 1.54) is 18.1 Å². The van der Waals surface area contributed by atoms with Crippen LogP contribution in [0.3, 0.4) is 0 Å². The zero-order valence-electron chi connectivity index (χ0n) is 15.7. The van der Waals surface area contributed by atoms with Crippen LogP contribution in [0.15, 0.2) is 42.5 Å². The Balaban J connectivity index is 1.58. The van der Waals surface area contributed by atoms with Gasteiger partial charge >= 0.3 is 5.97 Å². The third kappa shape index (κ3) is 5.20. The molecule has 0 saturated carbocycles. The van der Waals surface area contributed by atoms with Crippen LogP contribution in [0.2, 0.25) is 5.02 Å². The second kappa shape index (κ2) is 9.02. The summed E-state index contributed by atoms with van der Waals surface area (Å²) in [6.07, 6.45) is 3.07. The van der Waals surface area contributed by atoms with Crippen molar-refractivity contribution in [3.63, 3.8) is 0 Å². The molecule has 0 heterocycles. The van der Waals surface area contributed by atoms with Crippen LogP contribution in [0.4, 0.5) is 0 Å². The number of ketones is 1. The highest BCUT2D eigenvalue weighted by molar-refractivity contribution is 6.30. The predicted octanol–water partition coefficient (Wildman–Crippen LogP) is 3.82. The quantitative estimate of drug-likeness (QED) is 0.567. The van der Waals surface area contributed by atoms with Crippen molar-refractivity contribution in [1.82, 2.24) is 5.32 Å². The van der Waals surface area contributed by atoms with Gasteiger partial charge in [-0.05, 0) is 54.2 Å². The van der Waals surface area contributed by atoms with Crippen LogP contribution in [0, 0.1) is 0 Å². The molecule has 0 aliphatic heterocycles. The minimum Gasteiger partial charge on any atom is -0.457 e. The van der Waals surface area contributed by atoms with Crippen molar-refractivity contribution in [3.8, 4) is 0 Å². The molecule has 1 N–H and O–H groups in total. The normalized spacial score (nSPS) is 13.5. The molecular formula is C22H22ClNO4. The first kappa shape index (κ1) is 20.1. The summed E-state index contributed by atoms with van der Waals surface area (Å²) in [7, 11) is 0. The zero-order valence-corrected chi connectivity index (χ0v) is 16.4. The molecule has 1 amide bonds.